The Morgan fingerprint density at radius 2 is 1.89 bits per heavy atom. The third kappa shape index (κ3) is 3.45. The van der Waals surface area contributed by atoms with Crippen LogP contribution >= 0.6 is 27.5 Å². The Kier molecular flexibility index (Phi) is 4.42. The van der Waals surface area contributed by atoms with Gasteiger partial charge in [-0.2, -0.15) is 0 Å². The Labute approximate surface area is 126 Å². The lowest BCUT2D eigenvalue weighted by Crippen LogP contribution is -2.10. The SMILES string of the molecule is Cc1nc(Cl)c(NC(C)c2cccc(Br)c2)nc1C. The lowest BCUT2D eigenvalue weighted by atomic mass is 10.1. The molecular weight excluding hydrogens is 326 g/mol. The van der Waals surface area contributed by atoms with E-state index in [0.29, 0.717) is 11.0 Å². The van der Waals surface area contributed by atoms with E-state index in [0.717, 1.165) is 21.4 Å². The molecule has 0 saturated heterocycles. The van der Waals surface area contributed by atoms with Crippen molar-refractivity contribution in [3.63, 3.8) is 0 Å². The lowest BCUT2D eigenvalue weighted by molar-refractivity contribution is 0.864. The van der Waals surface area contributed by atoms with Gasteiger partial charge in [-0.1, -0.05) is 39.7 Å². The number of halogens is 2. The molecule has 2 aromatic rings. The van der Waals surface area contributed by atoms with Crippen LogP contribution in [-0.2, 0) is 0 Å². The molecule has 0 fully saturated rings. The molecule has 0 spiro atoms. The molecule has 0 amide bonds. The highest BCUT2D eigenvalue weighted by Crippen LogP contribution is 2.25. The van der Waals surface area contributed by atoms with Crippen LogP contribution in [0.4, 0.5) is 5.82 Å². The standard InChI is InChI=1S/C14H15BrClN3/c1-8-9(2)18-14(13(16)17-8)19-10(3)11-5-4-6-12(15)7-11/h4-7,10H,1-3H3,(H,18,19). The van der Waals surface area contributed by atoms with E-state index in [9.17, 15) is 0 Å². The average Bonchev–Trinajstić information content (AvgIpc) is 2.36. The topological polar surface area (TPSA) is 37.8 Å². The van der Waals surface area contributed by atoms with Crippen molar-refractivity contribution in [1.29, 1.82) is 0 Å². The molecule has 1 aromatic carbocycles. The molecule has 100 valence electrons. The Hall–Kier alpha value is -1.13. The molecule has 0 radical (unpaired) electrons. The minimum atomic E-state index is 0.103. The predicted octanol–water partition coefficient (Wildman–Crippen LogP) is 4.68. The second-order valence-corrected chi connectivity index (χ2v) is 5.73. The largest absolute Gasteiger partial charge is 0.361 e. The molecule has 3 nitrogen and oxygen atoms in total. The van der Waals surface area contributed by atoms with Gasteiger partial charge in [0.05, 0.1) is 17.4 Å². The van der Waals surface area contributed by atoms with Crippen molar-refractivity contribution in [2.45, 2.75) is 26.8 Å². The molecule has 1 aromatic heterocycles. The summed E-state index contributed by atoms with van der Waals surface area (Å²) in [6, 6.07) is 8.24. The third-order valence-electron chi connectivity index (χ3n) is 2.97. The number of aromatic nitrogens is 2. The molecule has 0 aliphatic rings. The molecule has 0 aliphatic heterocycles. The van der Waals surface area contributed by atoms with Crippen molar-refractivity contribution < 1.29 is 0 Å². The third-order valence-corrected chi connectivity index (χ3v) is 3.72. The summed E-state index contributed by atoms with van der Waals surface area (Å²) in [7, 11) is 0. The summed E-state index contributed by atoms with van der Waals surface area (Å²) >= 11 is 9.59. The van der Waals surface area contributed by atoms with E-state index in [1.54, 1.807) is 0 Å². The minimum absolute atomic E-state index is 0.103. The first-order chi connectivity index (χ1) is 8.97. The number of hydrogen-bond donors (Lipinski definition) is 1. The molecule has 1 atom stereocenters. The number of benzene rings is 1. The maximum Gasteiger partial charge on any atom is 0.171 e. The Morgan fingerprint density at radius 3 is 2.58 bits per heavy atom. The highest BCUT2D eigenvalue weighted by Gasteiger charge is 2.11. The van der Waals surface area contributed by atoms with Gasteiger partial charge >= 0.3 is 0 Å². The van der Waals surface area contributed by atoms with Gasteiger partial charge in [-0.05, 0) is 38.5 Å². The van der Waals surface area contributed by atoms with Crippen LogP contribution in [0.5, 0.6) is 0 Å². The van der Waals surface area contributed by atoms with Crippen LogP contribution in [0.3, 0.4) is 0 Å². The Balaban J connectivity index is 2.24. The first-order valence-electron chi connectivity index (χ1n) is 6.00. The van der Waals surface area contributed by atoms with Crippen LogP contribution in [0.1, 0.15) is 29.9 Å². The fourth-order valence-electron chi connectivity index (χ4n) is 1.73. The maximum absolute atomic E-state index is 6.12. The summed E-state index contributed by atoms with van der Waals surface area (Å²) in [4.78, 5) is 8.71. The minimum Gasteiger partial charge on any atom is -0.361 e. The molecule has 19 heavy (non-hydrogen) atoms. The first-order valence-corrected chi connectivity index (χ1v) is 7.17. The molecule has 1 heterocycles. The number of nitrogens with zero attached hydrogens (tertiary/aromatic N) is 2. The van der Waals surface area contributed by atoms with Gasteiger partial charge in [-0.3, -0.25) is 0 Å². The van der Waals surface area contributed by atoms with E-state index in [2.05, 4.69) is 50.3 Å². The summed E-state index contributed by atoms with van der Waals surface area (Å²) in [5.74, 6) is 0.622. The normalized spacial score (nSPS) is 12.3. The van der Waals surface area contributed by atoms with E-state index in [4.69, 9.17) is 11.6 Å². The van der Waals surface area contributed by atoms with Crippen molar-refractivity contribution >= 4 is 33.3 Å². The summed E-state index contributed by atoms with van der Waals surface area (Å²) in [6.45, 7) is 5.89. The van der Waals surface area contributed by atoms with Crippen LogP contribution in [0.2, 0.25) is 5.15 Å². The van der Waals surface area contributed by atoms with Crippen LogP contribution in [0.25, 0.3) is 0 Å². The van der Waals surface area contributed by atoms with E-state index in [1.807, 2.05) is 26.0 Å². The molecule has 0 saturated carbocycles. The molecule has 1 unspecified atom stereocenters. The van der Waals surface area contributed by atoms with Gasteiger partial charge < -0.3 is 5.32 Å². The lowest BCUT2D eigenvalue weighted by Gasteiger charge is -2.16. The first kappa shape index (κ1) is 14.3. The Bertz CT molecular complexity index is 601. The zero-order chi connectivity index (χ0) is 14.0. The van der Waals surface area contributed by atoms with Crippen molar-refractivity contribution in [2.24, 2.45) is 0 Å². The molecule has 0 aliphatic carbocycles. The monoisotopic (exact) mass is 339 g/mol. The number of rotatable bonds is 3. The van der Waals surface area contributed by atoms with Gasteiger partial charge in [0.2, 0.25) is 0 Å². The van der Waals surface area contributed by atoms with E-state index < -0.39 is 0 Å². The highest BCUT2D eigenvalue weighted by molar-refractivity contribution is 9.10. The fourth-order valence-corrected chi connectivity index (χ4v) is 2.37. The van der Waals surface area contributed by atoms with Crippen molar-refractivity contribution in [1.82, 2.24) is 9.97 Å². The van der Waals surface area contributed by atoms with Crippen LogP contribution in [0, 0.1) is 13.8 Å². The van der Waals surface area contributed by atoms with Gasteiger partial charge in [-0.25, -0.2) is 9.97 Å². The van der Waals surface area contributed by atoms with Gasteiger partial charge in [0.25, 0.3) is 0 Å². The molecule has 2 rings (SSSR count). The number of anilines is 1. The van der Waals surface area contributed by atoms with Gasteiger partial charge in [0, 0.05) is 4.47 Å². The smallest absolute Gasteiger partial charge is 0.171 e. The zero-order valence-electron chi connectivity index (χ0n) is 11.0. The predicted molar refractivity (Wildman–Crippen MR) is 82.7 cm³/mol. The average molecular weight is 341 g/mol. The van der Waals surface area contributed by atoms with Crippen LogP contribution in [-0.4, -0.2) is 9.97 Å². The second kappa shape index (κ2) is 5.88. The summed E-state index contributed by atoms with van der Waals surface area (Å²) in [6.07, 6.45) is 0. The fraction of sp³-hybridized carbons (Fsp3) is 0.286. The number of hydrogen-bond acceptors (Lipinski definition) is 3. The highest BCUT2D eigenvalue weighted by atomic mass is 79.9. The van der Waals surface area contributed by atoms with Crippen molar-refractivity contribution in [3.8, 4) is 0 Å². The maximum atomic E-state index is 6.12. The quantitative estimate of drug-likeness (QED) is 0.881. The summed E-state index contributed by atoms with van der Waals surface area (Å²) < 4.78 is 1.05. The van der Waals surface area contributed by atoms with Crippen molar-refractivity contribution in [3.05, 3.63) is 50.8 Å². The molecular formula is C14H15BrClN3. The van der Waals surface area contributed by atoms with E-state index in [1.165, 1.54) is 0 Å². The van der Waals surface area contributed by atoms with Gasteiger partial charge in [-0.15, -0.1) is 0 Å². The van der Waals surface area contributed by atoms with Crippen molar-refractivity contribution in [2.75, 3.05) is 5.32 Å². The second-order valence-electron chi connectivity index (χ2n) is 4.45. The summed E-state index contributed by atoms with van der Waals surface area (Å²) in [5, 5.41) is 3.70. The molecule has 1 N–H and O–H groups in total. The molecule has 0 bridgehead atoms. The molecule has 5 heteroatoms. The van der Waals surface area contributed by atoms with Crippen LogP contribution < -0.4 is 5.32 Å². The number of nitrogens with one attached hydrogen (secondary N) is 1. The Morgan fingerprint density at radius 1 is 1.21 bits per heavy atom. The zero-order valence-corrected chi connectivity index (χ0v) is 13.4. The summed E-state index contributed by atoms with van der Waals surface area (Å²) in [5.41, 5.74) is 2.89. The van der Waals surface area contributed by atoms with Gasteiger partial charge in [0.15, 0.2) is 11.0 Å². The van der Waals surface area contributed by atoms with E-state index in [-0.39, 0.29) is 6.04 Å². The number of aryl methyl sites for hydroxylation is 2. The van der Waals surface area contributed by atoms with Crippen LogP contribution in [0.15, 0.2) is 28.7 Å². The van der Waals surface area contributed by atoms with Gasteiger partial charge in [0.1, 0.15) is 0 Å². The van der Waals surface area contributed by atoms with E-state index >= 15 is 0 Å².